The summed E-state index contributed by atoms with van der Waals surface area (Å²) >= 11 is 0. The van der Waals surface area contributed by atoms with Crippen molar-refractivity contribution in [1.29, 1.82) is 0 Å². The topological polar surface area (TPSA) is 34.4 Å². The van der Waals surface area contributed by atoms with Crippen LogP contribution < -0.4 is 5.32 Å². The molecule has 3 aliphatic rings. The maximum absolute atomic E-state index is 5.70. The molecule has 3 unspecified atom stereocenters. The summed E-state index contributed by atoms with van der Waals surface area (Å²) in [5, 5.41) is 3.67. The Morgan fingerprint density at radius 1 is 1.40 bits per heavy atom. The van der Waals surface area contributed by atoms with Crippen LogP contribution in [0.5, 0.6) is 0 Å². The molecule has 1 N–H and O–H groups in total. The fourth-order valence-electron chi connectivity index (χ4n) is 3.64. The molecule has 1 aromatic heterocycles. The van der Waals surface area contributed by atoms with Crippen LogP contribution >= 0.6 is 0 Å². The molecule has 2 aliphatic heterocycles. The highest BCUT2D eigenvalue weighted by atomic mass is 16.5. The smallest absolute Gasteiger partial charge is 0.127 e. The number of nitrogens with one attached hydrogen (secondary N) is 1. The van der Waals surface area contributed by atoms with E-state index in [0.717, 1.165) is 32.1 Å². The second kappa shape index (κ2) is 2.66. The zero-order chi connectivity index (χ0) is 9.88. The number of rotatable bonds is 0. The van der Waals surface area contributed by atoms with Crippen LogP contribution in [0.3, 0.4) is 0 Å². The highest BCUT2D eigenvalue weighted by Gasteiger charge is 2.60. The molecule has 1 aliphatic carbocycles. The van der Waals surface area contributed by atoms with Crippen LogP contribution in [-0.2, 0) is 16.7 Å². The Bertz CT molecular complexity index is 400. The molecule has 3 nitrogen and oxygen atoms in total. The molecular formula is C12H15NO2. The minimum atomic E-state index is 0.123. The van der Waals surface area contributed by atoms with Gasteiger partial charge < -0.3 is 14.5 Å². The van der Waals surface area contributed by atoms with Crippen molar-refractivity contribution in [2.45, 2.75) is 18.4 Å². The number of ether oxygens (including phenoxy) is 1. The van der Waals surface area contributed by atoms with Gasteiger partial charge in [0.05, 0.1) is 18.4 Å². The van der Waals surface area contributed by atoms with Crippen molar-refractivity contribution in [3.63, 3.8) is 0 Å². The zero-order valence-corrected chi connectivity index (χ0v) is 8.66. The van der Waals surface area contributed by atoms with Gasteiger partial charge in [-0.2, -0.15) is 0 Å². The molecule has 0 aromatic carbocycles. The van der Waals surface area contributed by atoms with E-state index in [1.165, 1.54) is 17.7 Å². The highest BCUT2D eigenvalue weighted by molar-refractivity contribution is 5.33. The number of furan rings is 1. The van der Waals surface area contributed by atoms with Crippen LogP contribution in [0.25, 0.3) is 0 Å². The molecule has 1 spiro atoms. The van der Waals surface area contributed by atoms with Crippen molar-refractivity contribution in [2.75, 3.05) is 19.8 Å². The van der Waals surface area contributed by atoms with Crippen molar-refractivity contribution < 1.29 is 9.15 Å². The van der Waals surface area contributed by atoms with Crippen LogP contribution in [0.15, 0.2) is 16.7 Å². The van der Waals surface area contributed by atoms with Gasteiger partial charge in [-0.1, -0.05) is 0 Å². The third-order valence-electron chi connectivity index (χ3n) is 4.40. The van der Waals surface area contributed by atoms with Gasteiger partial charge in [0.15, 0.2) is 0 Å². The van der Waals surface area contributed by atoms with Crippen LogP contribution in [0.1, 0.15) is 17.7 Å². The summed E-state index contributed by atoms with van der Waals surface area (Å²) in [6.45, 7) is 2.93. The Kier molecular flexibility index (Phi) is 1.48. The van der Waals surface area contributed by atoms with E-state index in [1.807, 2.05) is 6.26 Å². The first-order chi connectivity index (χ1) is 7.40. The van der Waals surface area contributed by atoms with Gasteiger partial charge >= 0.3 is 0 Å². The van der Waals surface area contributed by atoms with Crippen molar-refractivity contribution in [3.8, 4) is 0 Å². The molecule has 3 atom stereocenters. The Morgan fingerprint density at radius 3 is 3.33 bits per heavy atom. The Hall–Kier alpha value is -0.800. The molecule has 1 saturated carbocycles. The summed E-state index contributed by atoms with van der Waals surface area (Å²) in [5.74, 6) is 2.59. The molecule has 80 valence electrons. The maximum Gasteiger partial charge on any atom is 0.127 e. The van der Waals surface area contributed by atoms with Gasteiger partial charge in [0.25, 0.3) is 0 Å². The third-order valence-corrected chi connectivity index (χ3v) is 4.40. The van der Waals surface area contributed by atoms with E-state index >= 15 is 0 Å². The van der Waals surface area contributed by atoms with E-state index in [-0.39, 0.29) is 5.54 Å². The van der Waals surface area contributed by atoms with Gasteiger partial charge in [-0.3, -0.25) is 0 Å². The first-order valence-electron chi connectivity index (χ1n) is 5.80. The van der Waals surface area contributed by atoms with Crippen LogP contribution in [0.2, 0.25) is 0 Å². The molecule has 2 fully saturated rings. The first-order valence-corrected chi connectivity index (χ1v) is 5.80. The molecule has 1 aromatic rings. The molecule has 4 rings (SSSR count). The van der Waals surface area contributed by atoms with E-state index < -0.39 is 0 Å². The zero-order valence-electron chi connectivity index (χ0n) is 8.66. The van der Waals surface area contributed by atoms with Crippen molar-refractivity contribution in [1.82, 2.24) is 5.32 Å². The number of hydrogen-bond donors (Lipinski definition) is 1. The summed E-state index contributed by atoms with van der Waals surface area (Å²) in [4.78, 5) is 0. The van der Waals surface area contributed by atoms with Gasteiger partial charge in [0.1, 0.15) is 5.76 Å². The predicted molar refractivity (Wildman–Crippen MR) is 54.5 cm³/mol. The highest BCUT2D eigenvalue weighted by Crippen LogP contribution is 2.55. The summed E-state index contributed by atoms with van der Waals surface area (Å²) in [6.07, 6.45) is 4.13. The predicted octanol–water partition coefficient (Wildman–Crippen LogP) is 1.29. The van der Waals surface area contributed by atoms with Crippen LogP contribution in [-0.4, -0.2) is 19.8 Å². The average Bonchev–Trinajstić information content (AvgIpc) is 2.82. The average molecular weight is 205 g/mol. The van der Waals surface area contributed by atoms with Crippen LogP contribution in [0, 0.1) is 11.8 Å². The van der Waals surface area contributed by atoms with Gasteiger partial charge in [0, 0.05) is 19.1 Å². The van der Waals surface area contributed by atoms with E-state index in [2.05, 4.69) is 11.4 Å². The van der Waals surface area contributed by atoms with Gasteiger partial charge in [-0.15, -0.1) is 0 Å². The SMILES string of the molecule is c1cc2c(o1)C1(CC3COCC31)NCC2. The van der Waals surface area contributed by atoms with E-state index in [0.29, 0.717) is 5.92 Å². The molecule has 15 heavy (non-hydrogen) atoms. The van der Waals surface area contributed by atoms with E-state index in [9.17, 15) is 0 Å². The summed E-state index contributed by atoms with van der Waals surface area (Å²) < 4.78 is 11.3. The van der Waals surface area contributed by atoms with Crippen molar-refractivity contribution in [3.05, 3.63) is 23.7 Å². The number of fused-ring (bicyclic) bond motifs is 4. The summed E-state index contributed by atoms with van der Waals surface area (Å²) in [6, 6.07) is 2.13. The molecule has 3 heteroatoms. The second-order valence-corrected chi connectivity index (χ2v) is 5.03. The molecular weight excluding hydrogens is 190 g/mol. The Morgan fingerprint density at radius 2 is 2.40 bits per heavy atom. The molecule has 1 saturated heterocycles. The Balaban J connectivity index is 1.80. The lowest BCUT2D eigenvalue weighted by Gasteiger charge is -2.52. The standard InChI is InChI=1S/C12H15NO2/c1-3-13-12(11-8(1)2-4-15-11)5-9-6-14-7-10(9)12/h2,4,9-10,13H,1,3,5-7H2. The van der Waals surface area contributed by atoms with Gasteiger partial charge in [-0.05, 0) is 30.4 Å². The lowest BCUT2D eigenvalue weighted by Crippen LogP contribution is -2.62. The largest absolute Gasteiger partial charge is 0.467 e. The van der Waals surface area contributed by atoms with Crippen LogP contribution in [0.4, 0.5) is 0 Å². The summed E-state index contributed by atoms with van der Waals surface area (Å²) in [7, 11) is 0. The van der Waals surface area contributed by atoms with E-state index in [1.54, 1.807) is 0 Å². The third kappa shape index (κ3) is 0.887. The minimum absolute atomic E-state index is 0.123. The lowest BCUT2D eigenvalue weighted by atomic mass is 9.58. The maximum atomic E-state index is 5.70. The van der Waals surface area contributed by atoms with Crippen molar-refractivity contribution >= 4 is 0 Å². The van der Waals surface area contributed by atoms with Gasteiger partial charge in [0.2, 0.25) is 0 Å². The molecule has 0 bridgehead atoms. The quantitative estimate of drug-likeness (QED) is 0.693. The fourth-order valence-corrected chi connectivity index (χ4v) is 3.64. The van der Waals surface area contributed by atoms with Gasteiger partial charge in [-0.25, -0.2) is 0 Å². The molecule has 0 amide bonds. The monoisotopic (exact) mass is 205 g/mol. The molecule has 0 radical (unpaired) electrons. The second-order valence-electron chi connectivity index (χ2n) is 5.03. The minimum Gasteiger partial charge on any atom is -0.467 e. The summed E-state index contributed by atoms with van der Waals surface area (Å²) in [5.41, 5.74) is 1.53. The lowest BCUT2D eigenvalue weighted by molar-refractivity contribution is 0.0122. The Labute approximate surface area is 88.8 Å². The molecule has 3 heterocycles. The van der Waals surface area contributed by atoms with Crippen molar-refractivity contribution in [2.24, 2.45) is 11.8 Å². The number of hydrogen-bond acceptors (Lipinski definition) is 3. The van der Waals surface area contributed by atoms with E-state index in [4.69, 9.17) is 9.15 Å². The first kappa shape index (κ1) is 8.36. The normalized spacial score (nSPS) is 42.4. The fraction of sp³-hybridized carbons (Fsp3) is 0.667.